The van der Waals surface area contributed by atoms with E-state index in [0.29, 0.717) is 18.0 Å². The predicted molar refractivity (Wildman–Crippen MR) is 86.2 cm³/mol. The standard InChI is InChI=1S/C16H24N2O5/c1-16(2,10-18-15(21)17-8-7-14(19)20)11-5-6-12(22-3)13(9-11)23-4/h5-6,9H,7-8,10H2,1-4H3,(H,19,20)(H2,17,18,21). The smallest absolute Gasteiger partial charge is 0.314 e. The van der Waals surface area contributed by atoms with Crippen molar-refractivity contribution in [3.05, 3.63) is 23.8 Å². The number of rotatable bonds is 8. The molecular formula is C16H24N2O5. The molecule has 23 heavy (non-hydrogen) atoms. The highest BCUT2D eigenvalue weighted by molar-refractivity contribution is 5.75. The SMILES string of the molecule is COc1ccc(C(C)(C)CNC(=O)NCCC(=O)O)cc1OC. The zero-order valence-electron chi connectivity index (χ0n) is 13.9. The Balaban J connectivity index is 2.64. The first-order chi connectivity index (χ1) is 10.8. The van der Waals surface area contributed by atoms with E-state index in [1.54, 1.807) is 14.2 Å². The highest BCUT2D eigenvalue weighted by Gasteiger charge is 2.23. The number of carbonyl (C=O) groups excluding carboxylic acids is 1. The van der Waals surface area contributed by atoms with Gasteiger partial charge in [0.2, 0.25) is 0 Å². The van der Waals surface area contributed by atoms with Gasteiger partial charge in [0.15, 0.2) is 11.5 Å². The Kier molecular flexibility index (Phi) is 6.68. The molecule has 2 amide bonds. The van der Waals surface area contributed by atoms with Crippen molar-refractivity contribution in [3.63, 3.8) is 0 Å². The molecular weight excluding hydrogens is 300 g/mol. The number of aliphatic carboxylic acids is 1. The molecule has 0 saturated heterocycles. The number of hydrogen-bond acceptors (Lipinski definition) is 4. The fraction of sp³-hybridized carbons (Fsp3) is 0.500. The van der Waals surface area contributed by atoms with E-state index in [1.807, 2.05) is 32.0 Å². The average molecular weight is 324 g/mol. The number of hydrogen-bond donors (Lipinski definition) is 3. The molecule has 0 radical (unpaired) electrons. The molecule has 0 unspecified atom stereocenters. The van der Waals surface area contributed by atoms with Gasteiger partial charge in [-0.1, -0.05) is 19.9 Å². The Hall–Kier alpha value is -2.44. The van der Waals surface area contributed by atoms with Crippen LogP contribution < -0.4 is 20.1 Å². The van der Waals surface area contributed by atoms with E-state index in [4.69, 9.17) is 14.6 Å². The van der Waals surface area contributed by atoms with Crippen molar-refractivity contribution >= 4 is 12.0 Å². The number of carbonyl (C=O) groups is 2. The molecule has 3 N–H and O–H groups in total. The minimum Gasteiger partial charge on any atom is -0.493 e. The summed E-state index contributed by atoms with van der Waals surface area (Å²) in [5, 5.41) is 13.8. The molecule has 0 saturated carbocycles. The summed E-state index contributed by atoms with van der Waals surface area (Å²) in [4.78, 5) is 22.1. The first-order valence-corrected chi connectivity index (χ1v) is 7.26. The third-order valence-corrected chi connectivity index (χ3v) is 3.48. The molecule has 128 valence electrons. The van der Waals surface area contributed by atoms with E-state index >= 15 is 0 Å². The first-order valence-electron chi connectivity index (χ1n) is 7.26. The molecule has 0 heterocycles. The van der Waals surface area contributed by atoms with Gasteiger partial charge in [-0.3, -0.25) is 4.79 Å². The normalized spacial score (nSPS) is 10.8. The summed E-state index contributed by atoms with van der Waals surface area (Å²) in [5.74, 6) is 0.325. The zero-order valence-corrected chi connectivity index (χ0v) is 13.9. The van der Waals surface area contributed by atoms with Crippen molar-refractivity contribution in [2.45, 2.75) is 25.7 Å². The second kappa shape index (κ2) is 8.26. The van der Waals surface area contributed by atoms with Gasteiger partial charge in [0.1, 0.15) is 0 Å². The molecule has 0 aliphatic carbocycles. The molecule has 1 rings (SSSR count). The zero-order chi connectivity index (χ0) is 17.5. The van der Waals surface area contributed by atoms with Gasteiger partial charge in [-0.25, -0.2) is 4.79 Å². The van der Waals surface area contributed by atoms with Crippen molar-refractivity contribution in [3.8, 4) is 11.5 Å². The van der Waals surface area contributed by atoms with Gasteiger partial charge >= 0.3 is 12.0 Å². The van der Waals surface area contributed by atoms with Crippen molar-refractivity contribution in [2.24, 2.45) is 0 Å². The number of benzene rings is 1. The largest absolute Gasteiger partial charge is 0.493 e. The van der Waals surface area contributed by atoms with E-state index in [1.165, 1.54) is 0 Å². The summed E-state index contributed by atoms with van der Waals surface area (Å²) < 4.78 is 10.5. The van der Waals surface area contributed by atoms with Crippen LogP contribution in [0.4, 0.5) is 4.79 Å². The maximum absolute atomic E-state index is 11.7. The fourth-order valence-corrected chi connectivity index (χ4v) is 2.01. The van der Waals surface area contributed by atoms with E-state index in [-0.39, 0.29) is 24.4 Å². The van der Waals surface area contributed by atoms with Crippen molar-refractivity contribution < 1.29 is 24.2 Å². The van der Waals surface area contributed by atoms with Gasteiger partial charge in [0.25, 0.3) is 0 Å². The van der Waals surface area contributed by atoms with Gasteiger partial charge in [0, 0.05) is 18.5 Å². The van der Waals surface area contributed by atoms with Crippen LogP contribution in [0, 0.1) is 0 Å². The van der Waals surface area contributed by atoms with Gasteiger partial charge < -0.3 is 25.2 Å². The fourth-order valence-electron chi connectivity index (χ4n) is 2.01. The molecule has 1 aromatic carbocycles. The lowest BCUT2D eigenvalue weighted by molar-refractivity contribution is -0.136. The number of nitrogens with one attached hydrogen (secondary N) is 2. The Labute approximate surface area is 136 Å². The maximum Gasteiger partial charge on any atom is 0.314 e. The lowest BCUT2D eigenvalue weighted by Crippen LogP contribution is -2.42. The molecule has 0 aliphatic rings. The minimum absolute atomic E-state index is 0.0952. The van der Waals surface area contributed by atoms with E-state index in [0.717, 1.165) is 5.56 Å². The molecule has 7 nitrogen and oxygen atoms in total. The number of amides is 2. The lowest BCUT2D eigenvalue weighted by Gasteiger charge is -2.26. The second-order valence-electron chi connectivity index (χ2n) is 5.71. The molecule has 0 spiro atoms. The lowest BCUT2D eigenvalue weighted by atomic mass is 9.84. The van der Waals surface area contributed by atoms with E-state index < -0.39 is 5.97 Å². The van der Waals surface area contributed by atoms with Crippen LogP contribution in [-0.4, -0.2) is 44.4 Å². The van der Waals surface area contributed by atoms with Gasteiger partial charge in [0.05, 0.1) is 20.6 Å². The summed E-state index contributed by atoms with van der Waals surface area (Å²) >= 11 is 0. The summed E-state index contributed by atoms with van der Waals surface area (Å²) in [6, 6.07) is 5.23. The van der Waals surface area contributed by atoms with Gasteiger partial charge in [-0.2, -0.15) is 0 Å². The predicted octanol–water partition coefficient (Wildman–Crippen LogP) is 1.76. The number of ether oxygens (including phenoxy) is 2. The molecule has 0 bridgehead atoms. The second-order valence-corrected chi connectivity index (χ2v) is 5.71. The van der Waals surface area contributed by atoms with Crippen LogP contribution in [-0.2, 0) is 10.2 Å². The van der Waals surface area contributed by atoms with E-state index in [2.05, 4.69) is 10.6 Å². The van der Waals surface area contributed by atoms with Crippen LogP contribution in [0.15, 0.2) is 18.2 Å². The highest BCUT2D eigenvalue weighted by atomic mass is 16.5. The number of urea groups is 1. The molecule has 0 atom stereocenters. The molecule has 1 aromatic rings. The summed E-state index contributed by atoms with van der Waals surface area (Å²) in [7, 11) is 3.15. The average Bonchev–Trinajstić information content (AvgIpc) is 2.52. The summed E-state index contributed by atoms with van der Waals surface area (Å²) in [5.41, 5.74) is 0.657. The van der Waals surface area contributed by atoms with Gasteiger partial charge in [-0.15, -0.1) is 0 Å². The van der Waals surface area contributed by atoms with Crippen LogP contribution in [0.2, 0.25) is 0 Å². The summed E-state index contributed by atoms with van der Waals surface area (Å²) in [6.45, 7) is 4.47. The van der Waals surface area contributed by atoms with Crippen LogP contribution in [0.5, 0.6) is 11.5 Å². The topological polar surface area (TPSA) is 96.9 Å². The van der Waals surface area contributed by atoms with Crippen molar-refractivity contribution in [2.75, 3.05) is 27.3 Å². The van der Waals surface area contributed by atoms with Gasteiger partial charge in [-0.05, 0) is 17.7 Å². The van der Waals surface area contributed by atoms with Crippen LogP contribution in [0.25, 0.3) is 0 Å². The minimum atomic E-state index is -0.948. The molecule has 7 heteroatoms. The Morgan fingerprint density at radius 2 is 1.78 bits per heavy atom. The molecule has 0 fully saturated rings. The number of carboxylic acid groups (broad SMARTS) is 1. The monoisotopic (exact) mass is 324 g/mol. The Bertz CT molecular complexity index is 557. The maximum atomic E-state index is 11.7. The van der Waals surface area contributed by atoms with Crippen LogP contribution in [0.1, 0.15) is 25.8 Å². The Morgan fingerprint density at radius 1 is 1.13 bits per heavy atom. The molecule has 0 aliphatic heterocycles. The van der Waals surface area contributed by atoms with E-state index in [9.17, 15) is 9.59 Å². The third kappa shape index (κ3) is 5.69. The van der Waals surface area contributed by atoms with Crippen molar-refractivity contribution in [1.82, 2.24) is 10.6 Å². The van der Waals surface area contributed by atoms with Crippen LogP contribution in [0.3, 0.4) is 0 Å². The van der Waals surface area contributed by atoms with Crippen LogP contribution >= 0.6 is 0 Å². The molecule has 0 aromatic heterocycles. The Morgan fingerprint density at radius 3 is 2.35 bits per heavy atom. The number of methoxy groups -OCH3 is 2. The summed E-state index contributed by atoms with van der Waals surface area (Å²) in [6.07, 6.45) is -0.105. The quantitative estimate of drug-likeness (QED) is 0.677. The third-order valence-electron chi connectivity index (χ3n) is 3.48. The van der Waals surface area contributed by atoms with Crippen molar-refractivity contribution in [1.29, 1.82) is 0 Å². The number of carboxylic acids is 1. The first kappa shape index (κ1) is 18.6. The highest BCUT2D eigenvalue weighted by Crippen LogP contribution is 2.32.